The Kier molecular flexibility index (Phi) is 4.43. The topological polar surface area (TPSA) is 77.3 Å². The molecular weight excluding hydrogens is 268 g/mol. The average molecular weight is 280 g/mol. The van der Waals surface area contributed by atoms with E-state index in [0.717, 1.165) is 0 Å². The highest BCUT2D eigenvalue weighted by Gasteiger charge is 2.08. The minimum Gasteiger partial charge on any atom is -0.218 e. The number of hydrogen-bond donors (Lipinski definition) is 0. The van der Waals surface area contributed by atoms with E-state index in [1.807, 2.05) is 6.26 Å². The van der Waals surface area contributed by atoms with E-state index < -0.39 is 0 Å². The second-order valence-corrected chi connectivity index (χ2v) is 5.94. The molecule has 2 heterocycles. The summed E-state index contributed by atoms with van der Waals surface area (Å²) in [6.45, 7) is 4.16. The Balaban J connectivity index is 2.32. The quantitative estimate of drug-likeness (QED) is 0.786. The van der Waals surface area contributed by atoms with Gasteiger partial charge in [-0.15, -0.1) is 10.2 Å². The molecule has 0 saturated heterocycles. The molecule has 94 valence electrons. The normalized spacial score (nSPS) is 10.9. The minimum atomic E-state index is 0.410. The molecule has 2 rings (SSSR count). The minimum absolute atomic E-state index is 0.410. The van der Waals surface area contributed by atoms with E-state index in [2.05, 4.69) is 44.2 Å². The lowest BCUT2D eigenvalue weighted by molar-refractivity contribution is 0.815. The molecule has 2 aromatic heterocycles. The zero-order valence-corrected chi connectivity index (χ0v) is 11.9. The second kappa shape index (κ2) is 6.05. The van der Waals surface area contributed by atoms with Gasteiger partial charge in [-0.1, -0.05) is 37.4 Å². The number of nitrogens with zero attached hydrogens (tertiary/aromatic N) is 6. The zero-order valence-electron chi connectivity index (χ0n) is 10.2. The Morgan fingerprint density at radius 1 is 0.944 bits per heavy atom. The number of thioether (sulfide) groups is 2. The van der Waals surface area contributed by atoms with Crippen molar-refractivity contribution in [2.24, 2.45) is 0 Å². The predicted octanol–water partition coefficient (Wildman–Crippen LogP) is 1.95. The highest BCUT2D eigenvalue weighted by atomic mass is 32.2. The average Bonchev–Trinajstić information content (AvgIpc) is 2.38. The number of aromatic nitrogens is 6. The first kappa shape index (κ1) is 13.2. The largest absolute Gasteiger partial charge is 0.218 e. The lowest BCUT2D eigenvalue weighted by Crippen LogP contribution is -1.99. The van der Waals surface area contributed by atoms with Gasteiger partial charge in [-0.2, -0.15) is 10.2 Å². The van der Waals surface area contributed by atoms with Gasteiger partial charge in [-0.05, 0) is 6.26 Å². The third-order valence-electron chi connectivity index (χ3n) is 1.86. The van der Waals surface area contributed by atoms with Crippen LogP contribution in [0.3, 0.4) is 0 Å². The third-order valence-corrected chi connectivity index (χ3v) is 3.26. The summed E-state index contributed by atoms with van der Waals surface area (Å²) in [6.07, 6.45) is 5.06. The van der Waals surface area contributed by atoms with E-state index in [9.17, 15) is 0 Å². The maximum Gasteiger partial charge on any atom is 0.209 e. The van der Waals surface area contributed by atoms with Crippen molar-refractivity contribution >= 4 is 23.5 Å². The van der Waals surface area contributed by atoms with Crippen LogP contribution in [0, 0.1) is 0 Å². The van der Waals surface area contributed by atoms with Crippen LogP contribution in [0.25, 0.3) is 11.4 Å². The Morgan fingerprint density at radius 3 is 2.06 bits per heavy atom. The molecule has 0 aliphatic heterocycles. The molecule has 6 nitrogen and oxygen atoms in total. The zero-order chi connectivity index (χ0) is 13.0. The van der Waals surface area contributed by atoms with Crippen LogP contribution in [-0.4, -0.2) is 41.9 Å². The summed E-state index contributed by atoms with van der Waals surface area (Å²) in [5.41, 5.74) is 1.33. The van der Waals surface area contributed by atoms with Gasteiger partial charge in [-0.3, -0.25) is 0 Å². The van der Waals surface area contributed by atoms with Gasteiger partial charge in [0.1, 0.15) is 11.4 Å². The van der Waals surface area contributed by atoms with Crippen LogP contribution in [0.4, 0.5) is 0 Å². The molecule has 0 bridgehead atoms. The molecule has 0 aromatic carbocycles. The SMILES string of the molecule is CSc1nncc(-c2cnnc(SC(C)C)n2)n1. The number of hydrogen-bond acceptors (Lipinski definition) is 8. The van der Waals surface area contributed by atoms with Gasteiger partial charge in [0.15, 0.2) is 0 Å². The molecule has 0 amide bonds. The standard InChI is InChI=1S/C10H12N6S2/c1-6(2)18-10-14-8(5-12-16-10)7-4-11-15-9(13-7)17-3/h4-6H,1-3H3. The fourth-order valence-corrected chi connectivity index (χ4v) is 2.15. The smallest absolute Gasteiger partial charge is 0.209 e. The van der Waals surface area contributed by atoms with Gasteiger partial charge in [0.05, 0.1) is 12.4 Å². The summed E-state index contributed by atoms with van der Waals surface area (Å²) in [7, 11) is 0. The van der Waals surface area contributed by atoms with Gasteiger partial charge >= 0.3 is 0 Å². The van der Waals surface area contributed by atoms with Crippen LogP contribution in [0.15, 0.2) is 22.7 Å². The Labute approximate surface area is 113 Å². The van der Waals surface area contributed by atoms with Crippen molar-refractivity contribution in [2.45, 2.75) is 29.4 Å². The molecule has 0 atom stereocenters. The van der Waals surface area contributed by atoms with Crippen molar-refractivity contribution in [3.05, 3.63) is 12.4 Å². The van der Waals surface area contributed by atoms with Crippen molar-refractivity contribution in [3.63, 3.8) is 0 Å². The van der Waals surface area contributed by atoms with Gasteiger partial charge in [0.2, 0.25) is 10.3 Å². The molecule has 0 unspecified atom stereocenters. The Morgan fingerprint density at radius 2 is 1.50 bits per heavy atom. The maximum absolute atomic E-state index is 4.41. The maximum atomic E-state index is 4.41. The molecule has 0 radical (unpaired) electrons. The van der Waals surface area contributed by atoms with Crippen LogP contribution in [0.5, 0.6) is 0 Å². The van der Waals surface area contributed by atoms with Crippen LogP contribution >= 0.6 is 23.5 Å². The van der Waals surface area contributed by atoms with E-state index in [4.69, 9.17) is 0 Å². The highest BCUT2D eigenvalue weighted by Crippen LogP contribution is 2.21. The molecule has 0 fully saturated rings. The first-order valence-corrected chi connectivity index (χ1v) is 7.40. The van der Waals surface area contributed by atoms with E-state index in [0.29, 0.717) is 27.0 Å². The van der Waals surface area contributed by atoms with E-state index in [1.165, 1.54) is 11.8 Å². The van der Waals surface area contributed by atoms with Crippen LogP contribution in [0.2, 0.25) is 0 Å². The fraction of sp³-hybridized carbons (Fsp3) is 0.400. The van der Waals surface area contributed by atoms with Crippen molar-refractivity contribution in [1.29, 1.82) is 0 Å². The second-order valence-electron chi connectivity index (χ2n) is 3.62. The lowest BCUT2D eigenvalue weighted by Gasteiger charge is -2.04. The van der Waals surface area contributed by atoms with Gasteiger partial charge < -0.3 is 0 Å². The van der Waals surface area contributed by atoms with Gasteiger partial charge in [-0.25, -0.2) is 9.97 Å². The summed E-state index contributed by atoms with van der Waals surface area (Å²) in [6, 6.07) is 0. The number of rotatable bonds is 4. The van der Waals surface area contributed by atoms with Crippen molar-refractivity contribution in [3.8, 4) is 11.4 Å². The van der Waals surface area contributed by atoms with Crippen LogP contribution < -0.4 is 0 Å². The first-order chi connectivity index (χ1) is 8.69. The third kappa shape index (κ3) is 3.36. The Hall–Kier alpha value is -1.28. The Bertz CT molecular complexity index is 533. The molecule has 18 heavy (non-hydrogen) atoms. The predicted molar refractivity (Wildman–Crippen MR) is 71.4 cm³/mol. The molecule has 0 spiro atoms. The van der Waals surface area contributed by atoms with Crippen molar-refractivity contribution < 1.29 is 0 Å². The van der Waals surface area contributed by atoms with Crippen LogP contribution in [0.1, 0.15) is 13.8 Å². The summed E-state index contributed by atoms with van der Waals surface area (Å²) >= 11 is 3.00. The lowest BCUT2D eigenvalue weighted by atomic mass is 10.3. The van der Waals surface area contributed by atoms with E-state index >= 15 is 0 Å². The summed E-state index contributed by atoms with van der Waals surface area (Å²) < 4.78 is 0. The van der Waals surface area contributed by atoms with Gasteiger partial charge in [0, 0.05) is 5.25 Å². The molecule has 8 heteroatoms. The highest BCUT2D eigenvalue weighted by molar-refractivity contribution is 7.99. The molecule has 0 saturated carbocycles. The van der Waals surface area contributed by atoms with E-state index in [1.54, 1.807) is 24.2 Å². The molecule has 0 aliphatic carbocycles. The van der Waals surface area contributed by atoms with Crippen molar-refractivity contribution in [1.82, 2.24) is 30.4 Å². The molecular formula is C10H12N6S2. The summed E-state index contributed by atoms with van der Waals surface area (Å²) in [5.74, 6) is 0. The van der Waals surface area contributed by atoms with Crippen molar-refractivity contribution in [2.75, 3.05) is 6.26 Å². The fourth-order valence-electron chi connectivity index (χ4n) is 1.17. The molecule has 0 aliphatic rings. The summed E-state index contributed by atoms with van der Waals surface area (Å²) in [5, 5.41) is 17.4. The summed E-state index contributed by atoms with van der Waals surface area (Å²) in [4.78, 5) is 8.74. The van der Waals surface area contributed by atoms with Gasteiger partial charge in [0.25, 0.3) is 0 Å². The van der Waals surface area contributed by atoms with Crippen LogP contribution in [-0.2, 0) is 0 Å². The first-order valence-electron chi connectivity index (χ1n) is 5.29. The van der Waals surface area contributed by atoms with E-state index in [-0.39, 0.29) is 0 Å². The monoisotopic (exact) mass is 280 g/mol. The molecule has 2 aromatic rings. The molecule has 0 N–H and O–H groups in total.